The number of anilines is 1. The third kappa shape index (κ3) is 5.96. The van der Waals surface area contributed by atoms with Crippen molar-refractivity contribution in [2.45, 2.75) is 52.0 Å². The zero-order valence-corrected chi connectivity index (χ0v) is 21.7. The standard InChI is InChI=1S/C28H33N3O3S/c1-19-14-20(2)16-23(15-19)31-27(33)25(17-21-10-12-24(34-4)13-11-21)29-28(31)35-18-26(32)30(3)22-8-6-5-7-9-22/h10-17,22H,5-9,18H2,1-4H3/b25-17-. The molecule has 1 aliphatic carbocycles. The van der Waals surface area contributed by atoms with Crippen molar-refractivity contribution in [1.82, 2.24) is 4.90 Å². The van der Waals surface area contributed by atoms with Gasteiger partial charge < -0.3 is 9.64 Å². The lowest BCUT2D eigenvalue weighted by atomic mass is 9.94. The summed E-state index contributed by atoms with van der Waals surface area (Å²) in [6.07, 6.45) is 7.51. The highest BCUT2D eigenvalue weighted by Crippen LogP contribution is 2.31. The molecule has 4 rings (SSSR count). The molecule has 0 atom stereocenters. The Hall–Kier alpha value is -3.06. The van der Waals surface area contributed by atoms with Gasteiger partial charge in [-0.3, -0.25) is 14.5 Å². The summed E-state index contributed by atoms with van der Waals surface area (Å²) in [5.41, 5.74) is 4.11. The predicted octanol–water partition coefficient (Wildman–Crippen LogP) is 5.58. The fourth-order valence-corrected chi connectivity index (χ4v) is 5.60. The minimum absolute atomic E-state index is 0.0741. The lowest BCUT2D eigenvalue weighted by Crippen LogP contribution is -2.40. The third-order valence-electron chi connectivity index (χ3n) is 6.55. The maximum atomic E-state index is 13.5. The largest absolute Gasteiger partial charge is 0.497 e. The van der Waals surface area contributed by atoms with Crippen LogP contribution < -0.4 is 9.64 Å². The first-order valence-electron chi connectivity index (χ1n) is 12.1. The van der Waals surface area contributed by atoms with E-state index in [1.54, 1.807) is 18.1 Å². The van der Waals surface area contributed by atoms with Crippen LogP contribution in [0, 0.1) is 13.8 Å². The molecular weight excluding hydrogens is 458 g/mol. The average molecular weight is 492 g/mol. The quantitative estimate of drug-likeness (QED) is 0.495. The number of methoxy groups -OCH3 is 1. The number of nitrogens with zero attached hydrogens (tertiary/aromatic N) is 3. The fourth-order valence-electron chi connectivity index (χ4n) is 4.66. The van der Waals surface area contributed by atoms with E-state index in [2.05, 4.69) is 11.1 Å². The number of ether oxygens (including phenoxy) is 1. The number of thioether (sulfide) groups is 1. The van der Waals surface area contributed by atoms with E-state index in [9.17, 15) is 9.59 Å². The SMILES string of the molecule is COc1ccc(/C=C2\N=C(SCC(=O)N(C)C3CCCCC3)N(c3cc(C)cc(C)c3)C2=O)cc1. The highest BCUT2D eigenvalue weighted by Gasteiger charge is 2.33. The topological polar surface area (TPSA) is 62.2 Å². The molecule has 2 aromatic carbocycles. The molecule has 1 heterocycles. The van der Waals surface area contributed by atoms with Crippen molar-refractivity contribution >= 4 is 40.5 Å². The van der Waals surface area contributed by atoms with Crippen LogP contribution >= 0.6 is 11.8 Å². The van der Waals surface area contributed by atoms with Gasteiger partial charge in [0.05, 0.1) is 18.6 Å². The maximum absolute atomic E-state index is 13.5. The normalized spacial score (nSPS) is 17.6. The summed E-state index contributed by atoms with van der Waals surface area (Å²) in [5, 5.41) is 0.533. The Kier molecular flexibility index (Phi) is 7.96. The summed E-state index contributed by atoms with van der Waals surface area (Å²) in [5.74, 6) is 0.879. The lowest BCUT2D eigenvalue weighted by molar-refractivity contribution is -0.129. The second-order valence-corrected chi connectivity index (χ2v) is 10.2. The van der Waals surface area contributed by atoms with E-state index >= 15 is 0 Å². The van der Waals surface area contributed by atoms with Gasteiger partial charge in [-0.2, -0.15) is 0 Å². The van der Waals surface area contributed by atoms with Gasteiger partial charge in [-0.05, 0) is 73.7 Å². The van der Waals surface area contributed by atoms with Gasteiger partial charge in [-0.25, -0.2) is 4.99 Å². The van der Waals surface area contributed by atoms with Gasteiger partial charge >= 0.3 is 0 Å². The van der Waals surface area contributed by atoms with Crippen molar-refractivity contribution in [2.24, 2.45) is 4.99 Å². The molecule has 2 aliphatic rings. The Morgan fingerprint density at radius 1 is 1.11 bits per heavy atom. The van der Waals surface area contributed by atoms with Crippen LogP contribution in [0.2, 0.25) is 0 Å². The van der Waals surface area contributed by atoms with Crippen molar-refractivity contribution in [3.8, 4) is 5.75 Å². The van der Waals surface area contributed by atoms with Gasteiger partial charge in [-0.1, -0.05) is 49.2 Å². The number of rotatable bonds is 6. The number of aliphatic imine (C=N–C) groups is 1. The molecular formula is C28H33N3O3S. The monoisotopic (exact) mass is 491 g/mol. The Labute approximate surface area is 212 Å². The van der Waals surface area contributed by atoms with Crippen LogP contribution in [0.15, 0.2) is 53.2 Å². The van der Waals surface area contributed by atoms with Crippen LogP contribution in [0.5, 0.6) is 5.75 Å². The van der Waals surface area contributed by atoms with Crippen LogP contribution in [0.1, 0.15) is 48.8 Å². The molecule has 2 aromatic rings. The molecule has 0 spiro atoms. The molecule has 1 saturated carbocycles. The average Bonchev–Trinajstić information content (AvgIpc) is 3.17. The molecule has 2 amide bonds. The Balaban J connectivity index is 1.59. The van der Waals surface area contributed by atoms with Crippen molar-refractivity contribution in [1.29, 1.82) is 0 Å². The summed E-state index contributed by atoms with van der Waals surface area (Å²) in [4.78, 5) is 34.7. The van der Waals surface area contributed by atoms with E-state index in [1.165, 1.54) is 31.0 Å². The van der Waals surface area contributed by atoms with Gasteiger partial charge in [0.2, 0.25) is 5.91 Å². The number of amidine groups is 1. The zero-order valence-electron chi connectivity index (χ0n) is 20.9. The molecule has 0 saturated heterocycles. The van der Waals surface area contributed by atoms with Gasteiger partial charge in [-0.15, -0.1) is 0 Å². The molecule has 6 nitrogen and oxygen atoms in total. The number of benzene rings is 2. The summed E-state index contributed by atoms with van der Waals surface area (Å²) >= 11 is 1.33. The van der Waals surface area contributed by atoms with E-state index in [0.29, 0.717) is 16.9 Å². The summed E-state index contributed by atoms with van der Waals surface area (Å²) in [6, 6.07) is 13.8. The van der Waals surface area contributed by atoms with E-state index in [0.717, 1.165) is 41.0 Å². The van der Waals surface area contributed by atoms with Gasteiger partial charge in [0.15, 0.2) is 5.17 Å². The predicted molar refractivity (Wildman–Crippen MR) is 144 cm³/mol. The van der Waals surface area contributed by atoms with E-state index < -0.39 is 0 Å². The van der Waals surface area contributed by atoms with Crippen LogP contribution in [0.25, 0.3) is 6.08 Å². The molecule has 184 valence electrons. The van der Waals surface area contributed by atoms with Crippen molar-refractivity contribution < 1.29 is 14.3 Å². The lowest BCUT2D eigenvalue weighted by Gasteiger charge is -2.31. The first-order valence-corrected chi connectivity index (χ1v) is 13.1. The van der Waals surface area contributed by atoms with Crippen molar-refractivity contribution in [2.75, 3.05) is 24.8 Å². The molecule has 0 radical (unpaired) electrons. The zero-order chi connectivity index (χ0) is 24.9. The Morgan fingerprint density at radius 3 is 2.40 bits per heavy atom. The number of carbonyl (C=O) groups excluding carboxylic acids is 2. The number of aryl methyl sites for hydroxylation is 2. The van der Waals surface area contributed by atoms with Crippen LogP contribution in [0.3, 0.4) is 0 Å². The van der Waals surface area contributed by atoms with E-state index in [-0.39, 0.29) is 17.6 Å². The number of amides is 2. The summed E-state index contributed by atoms with van der Waals surface area (Å²) in [7, 11) is 3.52. The first kappa shape index (κ1) is 25.0. The third-order valence-corrected chi connectivity index (χ3v) is 7.48. The Bertz CT molecular complexity index is 1130. The molecule has 0 bridgehead atoms. The summed E-state index contributed by atoms with van der Waals surface area (Å²) < 4.78 is 5.23. The second kappa shape index (κ2) is 11.1. The second-order valence-electron chi connectivity index (χ2n) is 9.27. The maximum Gasteiger partial charge on any atom is 0.283 e. The molecule has 7 heteroatoms. The van der Waals surface area contributed by atoms with Crippen LogP contribution in [-0.4, -0.2) is 47.8 Å². The number of hydrogen-bond acceptors (Lipinski definition) is 5. The highest BCUT2D eigenvalue weighted by molar-refractivity contribution is 8.14. The fraction of sp³-hybridized carbons (Fsp3) is 0.393. The smallest absolute Gasteiger partial charge is 0.283 e. The molecule has 1 fully saturated rings. The van der Waals surface area contributed by atoms with Gasteiger partial charge in [0.1, 0.15) is 11.4 Å². The molecule has 1 aliphatic heterocycles. The molecule has 0 unspecified atom stereocenters. The molecule has 0 aromatic heterocycles. The number of carbonyl (C=O) groups is 2. The minimum Gasteiger partial charge on any atom is -0.497 e. The highest BCUT2D eigenvalue weighted by atomic mass is 32.2. The molecule has 35 heavy (non-hydrogen) atoms. The van der Waals surface area contributed by atoms with Gasteiger partial charge in [0, 0.05) is 13.1 Å². The van der Waals surface area contributed by atoms with E-state index in [4.69, 9.17) is 4.74 Å². The Morgan fingerprint density at radius 2 is 1.77 bits per heavy atom. The van der Waals surface area contributed by atoms with Crippen LogP contribution in [0.4, 0.5) is 5.69 Å². The van der Waals surface area contributed by atoms with Crippen LogP contribution in [-0.2, 0) is 9.59 Å². The number of hydrogen-bond donors (Lipinski definition) is 0. The first-order chi connectivity index (χ1) is 16.9. The van der Waals surface area contributed by atoms with Crippen molar-refractivity contribution in [3.05, 3.63) is 64.9 Å². The van der Waals surface area contributed by atoms with Crippen molar-refractivity contribution in [3.63, 3.8) is 0 Å². The molecule has 0 N–H and O–H groups in total. The summed E-state index contributed by atoms with van der Waals surface area (Å²) in [6.45, 7) is 4.02. The van der Waals surface area contributed by atoms with Gasteiger partial charge in [0.25, 0.3) is 5.91 Å². The van der Waals surface area contributed by atoms with E-state index in [1.807, 2.05) is 62.2 Å². The minimum atomic E-state index is -0.193.